The van der Waals surface area contributed by atoms with Crippen molar-refractivity contribution in [1.82, 2.24) is 0 Å². The van der Waals surface area contributed by atoms with E-state index >= 15 is 0 Å². The lowest BCUT2D eigenvalue weighted by molar-refractivity contribution is 0.275. The number of phosphoric acid groups is 1. The van der Waals surface area contributed by atoms with Crippen LogP contribution in [-0.4, -0.2) is 14.7 Å². The van der Waals surface area contributed by atoms with E-state index in [1.54, 1.807) is 0 Å². The topological polar surface area (TPSA) is 77.8 Å². The Bertz CT molecular complexity index is 53.7. The van der Waals surface area contributed by atoms with Crippen LogP contribution in [0.4, 0.5) is 0 Å². The molecule has 0 aliphatic carbocycles. The average molecular weight is 114 g/mol. The molecule has 6 heavy (non-hydrogen) atoms. The quantitative estimate of drug-likeness (QED) is 0.378. The molecule has 3 N–H and O–H groups in total. The first-order chi connectivity index (χ1) is 2.00. The van der Waals surface area contributed by atoms with Gasteiger partial charge in [-0.25, -0.2) is 4.57 Å². The highest BCUT2D eigenvalue weighted by molar-refractivity contribution is 7.45. The molecule has 5 heteroatoms. The minimum atomic E-state index is -4.64. The van der Waals surface area contributed by atoms with Gasteiger partial charge in [0.1, 0.15) is 0 Å². The number of hydrogen-bond donors (Lipinski definition) is 3. The molecule has 0 amide bonds. The Hall–Kier alpha value is 0.110. The zero-order valence-corrected chi connectivity index (χ0v) is 3.09. The van der Waals surface area contributed by atoms with Crippen LogP contribution in [-0.2, 0) is 4.57 Å². The van der Waals surface area contributed by atoms with Crippen LogP contribution < -0.4 is 0 Å². The summed E-state index contributed by atoms with van der Waals surface area (Å²) >= 11 is 0. The first-order valence-electron chi connectivity index (χ1n) is 0.783. The highest BCUT2D eigenvalue weighted by Gasteiger charge is 2.00. The summed E-state index contributed by atoms with van der Waals surface area (Å²) in [5, 5.41) is 0. The normalized spacial score (nSPS) is 9.83. The molecule has 0 spiro atoms. The maximum atomic E-state index is 8.88. The fraction of sp³-hybridized carbons (Fsp3) is 1.00. The summed E-state index contributed by atoms with van der Waals surface area (Å²) < 4.78 is 8.88. The van der Waals surface area contributed by atoms with E-state index in [2.05, 4.69) is 0 Å². The highest BCUT2D eigenvalue weighted by atomic mass is 31.2. The van der Waals surface area contributed by atoms with E-state index in [-0.39, 0.29) is 7.43 Å². The van der Waals surface area contributed by atoms with Crippen LogP contribution in [0.1, 0.15) is 7.43 Å². The maximum absolute atomic E-state index is 8.88. The van der Waals surface area contributed by atoms with Crippen molar-refractivity contribution in [3.63, 3.8) is 0 Å². The third kappa shape index (κ3) is 3290. The Morgan fingerprint density at radius 2 is 1.17 bits per heavy atom. The molecule has 40 valence electrons. The zero-order valence-electron chi connectivity index (χ0n) is 2.20. The molecule has 0 fully saturated rings. The Labute approximate surface area is 35.7 Å². The molecule has 0 heterocycles. The van der Waals surface area contributed by atoms with Crippen molar-refractivity contribution in [2.24, 2.45) is 0 Å². The summed E-state index contributed by atoms with van der Waals surface area (Å²) in [7, 11) is -4.64. The second-order valence-electron chi connectivity index (χ2n) is 0.513. The first kappa shape index (κ1) is 9.44. The summed E-state index contributed by atoms with van der Waals surface area (Å²) in [6.45, 7) is 0. The molecule has 0 aromatic heterocycles. The van der Waals surface area contributed by atoms with E-state index < -0.39 is 7.82 Å². The molecule has 0 saturated carbocycles. The van der Waals surface area contributed by atoms with Gasteiger partial charge in [-0.3, -0.25) is 0 Å². The van der Waals surface area contributed by atoms with Crippen LogP contribution in [0.15, 0.2) is 0 Å². The Kier molecular flexibility index (Phi) is 3.64. The standard InChI is InChI=1S/CH4.H3O4P/c;1-5(2,3)4/h1H4;(H3,1,2,3,4). The third-order valence-electron chi connectivity index (χ3n) is 0. The van der Waals surface area contributed by atoms with Gasteiger partial charge in [-0.2, -0.15) is 0 Å². The van der Waals surface area contributed by atoms with Gasteiger partial charge in [0.2, 0.25) is 0 Å². The molecular weight excluding hydrogens is 107 g/mol. The Morgan fingerprint density at radius 3 is 1.17 bits per heavy atom. The van der Waals surface area contributed by atoms with Crippen molar-refractivity contribution in [3.8, 4) is 0 Å². The average Bonchev–Trinajstić information content (AvgIpc) is 0.722. The van der Waals surface area contributed by atoms with Crippen molar-refractivity contribution >= 4 is 7.82 Å². The molecule has 0 saturated heterocycles. The lowest BCUT2D eigenvalue weighted by Crippen LogP contribution is -1.66. The van der Waals surface area contributed by atoms with Gasteiger partial charge in [-0.1, -0.05) is 7.43 Å². The fourth-order valence-electron chi connectivity index (χ4n) is 0. The van der Waals surface area contributed by atoms with Crippen LogP contribution in [0.2, 0.25) is 0 Å². The second-order valence-corrected chi connectivity index (χ2v) is 1.54. The molecule has 0 aliphatic heterocycles. The van der Waals surface area contributed by atoms with Gasteiger partial charge in [0.25, 0.3) is 0 Å². The minimum Gasteiger partial charge on any atom is -0.303 e. The lowest BCUT2D eigenvalue weighted by atomic mass is 12.0. The molecule has 0 unspecified atom stereocenters. The molecular formula is CH7O4P. The third-order valence-corrected chi connectivity index (χ3v) is 0. The lowest BCUT2D eigenvalue weighted by Gasteiger charge is -1.82. The zero-order chi connectivity index (χ0) is 4.50. The molecule has 0 aromatic rings. The Balaban J connectivity index is 0. The summed E-state index contributed by atoms with van der Waals surface area (Å²) in [6, 6.07) is 0. The van der Waals surface area contributed by atoms with E-state index in [9.17, 15) is 0 Å². The van der Waals surface area contributed by atoms with Gasteiger partial charge in [0.05, 0.1) is 0 Å². The van der Waals surface area contributed by atoms with Crippen LogP contribution in [0.5, 0.6) is 0 Å². The van der Waals surface area contributed by atoms with Gasteiger partial charge in [0.15, 0.2) is 0 Å². The molecule has 0 radical (unpaired) electrons. The van der Waals surface area contributed by atoms with Crippen molar-refractivity contribution in [2.75, 3.05) is 0 Å². The van der Waals surface area contributed by atoms with E-state index in [0.717, 1.165) is 0 Å². The highest BCUT2D eigenvalue weighted by Crippen LogP contribution is 2.25. The summed E-state index contributed by atoms with van der Waals surface area (Å²) in [4.78, 5) is 21.6. The van der Waals surface area contributed by atoms with Gasteiger partial charge in [0, 0.05) is 0 Å². The van der Waals surface area contributed by atoms with Gasteiger partial charge in [-0.15, -0.1) is 0 Å². The molecule has 0 atom stereocenters. The summed E-state index contributed by atoms with van der Waals surface area (Å²) in [5.74, 6) is 0. The van der Waals surface area contributed by atoms with Gasteiger partial charge in [-0.05, 0) is 0 Å². The second kappa shape index (κ2) is 2.31. The summed E-state index contributed by atoms with van der Waals surface area (Å²) in [6.07, 6.45) is 0. The fourth-order valence-corrected chi connectivity index (χ4v) is 0. The maximum Gasteiger partial charge on any atom is 0.466 e. The van der Waals surface area contributed by atoms with Crippen LogP contribution >= 0.6 is 7.82 Å². The Morgan fingerprint density at radius 1 is 1.17 bits per heavy atom. The van der Waals surface area contributed by atoms with E-state index in [1.165, 1.54) is 0 Å². The van der Waals surface area contributed by atoms with E-state index in [0.29, 0.717) is 0 Å². The molecule has 4 nitrogen and oxygen atoms in total. The number of rotatable bonds is 0. The van der Waals surface area contributed by atoms with Crippen molar-refractivity contribution in [1.29, 1.82) is 0 Å². The molecule has 0 aliphatic rings. The predicted octanol–water partition coefficient (Wildman–Crippen LogP) is -0.293. The summed E-state index contributed by atoms with van der Waals surface area (Å²) in [5.41, 5.74) is 0. The van der Waals surface area contributed by atoms with Gasteiger partial charge < -0.3 is 14.7 Å². The molecule has 0 rings (SSSR count). The molecule has 0 bridgehead atoms. The van der Waals surface area contributed by atoms with Crippen LogP contribution in [0, 0.1) is 0 Å². The van der Waals surface area contributed by atoms with Crippen LogP contribution in [0.25, 0.3) is 0 Å². The first-order valence-corrected chi connectivity index (χ1v) is 2.35. The number of hydrogen-bond acceptors (Lipinski definition) is 1. The smallest absolute Gasteiger partial charge is 0.303 e. The monoisotopic (exact) mass is 114 g/mol. The largest absolute Gasteiger partial charge is 0.466 e. The molecule has 0 aromatic carbocycles. The van der Waals surface area contributed by atoms with Crippen molar-refractivity contribution in [3.05, 3.63) is 0 Å². The van der Waals surface area contributed by atoms with E-state index in [1.807, 2.05) is 0 Å². The van der Waals surface area contributed by atoms with Gasteiger partial charge >= 0.3 is 7.82 Å². The SMILES string of the molecule is C.O=P(O)(O)O. The van der Waals surface area contributed by atoms with E-state index in [4.69, 9.17) is 19.2 Å². The van der Waals surface area contributed by atoms with Crippen LogP contribution in [0.3, 0.4) is 0 Å². The predicted molar refractivity (Wildman–Crippen MR) is 21.0 cm³/mol. The minimum absolute atomic E-state index is 0. The van der Waals surface area contributed by atoms with Crippen molar-refractivity contribution in [2.45, 2.75) is 7.43 Å². The van der Waals surface area contributed by atoms with Crippen molar-refractivity contribution < 1.29 is 19.2 Å².